The van der Waals surface area contributed by atoms with Crippen molar-refractivity contribution in [3.63, 3.8) is 0 Å². The minimum Gasteiger partial charge on any atom is -0.341 e. The zero-order valence-electron chi connectivity index (χ0n) is 9.19. The van der Waals surface area contributed by atoms with Crippen LogP contribution in [0.3, 0.4) is 0 Å². The number of carbonyl (C=O) groups excluding carboxylic acids is 1. The van der Waals surface area contributed by atoms with E-state index in [1.54, 1.807) is 11.8 Å². The van der Waals surface area contributed by atoms with Gasteiger partial charge in [-0.05, 0) is 26.2 Å². The number of likely N-dealkylation sites (tertiary alicyclic amines) is 1. The van der Waals surface area contributed by atoms with E-state index in [1.807, 2.05) is 0 Å². The van der Waals surface area contributed by atoms with Gasteiger partial charge in [-0.3, -0.25) is 4.79 Å². The number of sulfonamides is 1. The average Bonchev–Trinajstić information content (AvgIpc) is 2.15. The predicted molar refractivity (Wildman–Crippen MR) is 57.9 cm³/mol. The summed E-state index contributed by atoms with van der Waals surface area (Å²) in [6.45, 7) is 3.07. The molecule has 1 heterocycles. The lowest BCUT2D eigenvalue weighted by atomic mass is 10.1. The molecule has 6 heteroatoms. The summed E-state index contributed by atoms with van der Waals surface area (Å²) in [4.78, 5) is 13.5. The molecule has 1 unspecified atom stereocenters. The van der Waals surface area contributed by atoms with E-state index in [2.05, 4.69) is 4.72 Å². The summed E-state index contributed by atoms with van der Waals surface area (Å²) in [5.41, 5.74) is 0. The molecule has 1 aliphatic rings. The van der Waals surface area contributed by atoms with E-state index in [4.69, 9.17) is 0 Å². The highest BCUT2D eigenvalue weighted by Crippen LogP contribution is 2.10. The molecular weight excluding hydrogens is 216 g/mol. The minimum absolute atomic E-state index is 0.125. The van der Waals surface area contributed by atoms with Crippen molar-refractivity contribution in [3.05, 3.63) is 0 Å². The summed E-state index contributed by atoms with van der Waals surface area (Å²) in [5, 5.41) is 0. The van der Waals surface area contributed by atoms with Crippen LogP contribution in [0, 0.1) is 0 Å². The fraction of sp³-hybridized carbons (Fsp3) is 0.889. The second kappa shape index (κ2) is 4.94. The molecule has 0 spiro atoms. The highest BCUT2D eigenvalue weighted by atomic mass is 32.2. The first-order chi connectivity index (χ1) is 6.90. The lowest BCUT2D eigenvalue weighted by molar-refractivity contribution is -0.133. The first-order valence-electron chi connectivity index (χ1n) is 5.16. The Balaban J connectivity index is 2.51. The molecule has 0 aromatic carbocycles. The Kier molecular flexibility index (Phi) is 4.10. The van der Waals surface area contributed by atoms with Crippen LogP contribution in [-0.4, -0.2) is 44.6 Å². The minimum atomic E-state index is -3.30. The van der Waals surface area contributed by atoms with Gasteiger partial charge < -0.3 is 4.90 Å². The van der Waals surface area contributed by atoms with Gasteiger partial charge in [0, 0.05) is 13.1 Å². The van der Waals surface area contributed by atoms with Crippen molar-refractivity contribution >= 4 is 15.9 Å². The zero-order chi connectivity index (χ0) is 11.5. The van der Waals surface area contributed by atoms with E-state index in [-0.39, 0.29) is 5.91 Å². The number of rotatable bonds is 3. The van der Waals surface area contributed by atoms with Crippen molar-refractivity contribution in [1.29, 1.82) is 0 Å². The highest BCUT2D eigenvalue weighted by Gasteiger charge is 2.23. The van der Waals surface area contributed by atoms with Crippen LogP contribution in [0.15, 0.2) is 0 Å². The third kappa shape index (κ3) is 4.17. The molecular formula is C9H18N2O3S. The number of hydrogen-bond donors (Lipinski definition) is 1. The molecule has 0 saturated carbocycles. The van der Waals surface area contributed by atoms with E-state index in [9.17, 15) is 13.2 Å². The van der Waals surface area contributed by atoms with Gasteiger partial charge in [0.05, 0.1) is 12.3 Å². The first-order valence-corrected chi connectivity index (χ1v) is 7.05. The number of hydrogen-bond acceptors (Lipinski definition) is 3. The van der Waals surface area contributed by atoms with Crippen molar-refractivity contribution in [1.82, 2.24) is 9.62 Å². The Labute approximate surface area is 90.9 Å². The Morgan fingerprint density at radius 1 is 1.27 bits per heavy atom. The fourth-order valence-electron chi connectivity index (χ4n) is 1.76. The second-order valence-corrected chi connectivity index (χ2v) is 5.78. The van der Waals surface area contributed by atoms with Crippen LogP contribution in [-0.2, 0) is 14.8 Å². The highest BCUT2D eigenvalue weighted by molar-refractivity contribution is 7.88. The molecule has 1 rings (SSSR count). The summed E-state index contributed by atoms with van der Waals surface area (Å²) in [7, 11) is -3.30. The molecule has 1 N–H and O–H groups in total. The number of nitrogens with one attached hydrogen (secondary N) is 1. The third-order valence-electron chi connectivity index (χ3n) is 2.43. The van der Waals surface area contributed by atoms with E-state index >= 15 is 0 Å². The zero-order valence-corrected chi connectivity index (χ0v) is 10.0. The van der Waals surface area contributed by atoms with Crippen molar-refractivity contribution < 1.29 is 13.2 Å². The molecule has 1 fully saturated rings. The summed E-state index contributed by atoms with van der Waals surface area (Å²) >= 11 is 0. The van der Waals surface area contributed by atoms with Crippen LogP contribution in [0.1, 0.15) is 26.2 Å². The van der Waals surface area contributed by atoms with E-state index in [0.717, 1.165) is 38.6 Å². The van der Waals surface area contributed by atoms with E-state index < -0.39 is 16.1 Å². The maximum atomic E-state index is 11.8. The van der Waals surface area contributed by atoms with Crippen LogP contribution in [0.2, 0.25) is 0 Å². The molecule has 0 aromatic heterocycles. The largest absolute Gasteiger partial charge is 0.341 e. The lowest BCUT2D eigenvalue weighted by Gasteiger charge is -2.29. The quantitative estimate of drug-likeness (QED) is 0.743. The Bertz CT molecular complexity index is 320. The number of nitrogens with zero attached hydrogens (tertiary/aromatic N) is 1. The van der Waals surface area contributed by atoms with Gasteiger partial charge in [-0.1, -0.05) is 0 Å². The lowest BCUT2D eigenvalue weighted by Crippen LogP contribution is -2.48. The predicted octanol–water partition coefficient (Wildman–Crippen LogP) is -0.0634. The van der Waals surface area contributed by atoms with Gasteiger partial charge in [0.25, 0.3) is 0 Å². The maximum Gasteiger partial charge on any atom is 0.240 e. The standard InChI is InChI=1S/C9H18N2O3S/c1-8(10-15(2,13)14)9(12)11-6-4-3-5-7-11/h8,10H,3-7H2,1-2H3. The van der Waals surface area contributed by atoms with Gasteiger partial charge in [-0.2, -0.15) is 0 Å². The normalized spacial score (nSPS) is 20.0. The molecule has 5 nitrogen and oxygen atoms in total. The van der Waals surface area contributed by atoms with Gasteiger partial charge >= 0.3 is 0 Å². The molecule has 1 saturated heterocycles. The fourth-order valence-corrected chi connectivity index (χ4v) is 2.50. The van der Waals surface area contributed by atoms with Gasteiger partial charge in [0.15, 0.2) is 0 Å². The van der Waals surface area contributed by atoms with E-state index in [1.165, 1.54) is 0 Å². The van der Waals surface area contributed by atoms with Crippen LogP contribution < -0.4 is 4.72 Å². The Morgan fingerprint density at radius 2 is 1.80 bits per heavy atom. The molecule has 1 amide bonds. The summed E-state index contributed by atoms with van der Waals surface area (Å²) in [6, 6.07) is -0.655. The molecule has 0 radical (unpaired) electrons. The number of piperidine rings is 1. The summed E-state index contributed by atoms with van der Waals surface area (Å²) < 4.78 is 24.2. The van der Waals surface area contributed by atoms with Crippen molar-refractivity contribution in [2.75, 3.05) is 19.3 Å². The SMILES string of the molecule is CC(NS(C)(=O)=O)C(=O)N1CCCCC1. The van der Waals surface area contributed by atoms with Crippen LogP contribution >= 0.6 is 0 Å². The van der Waals surface area contributed by atoms with Crippen molar-refractivity contribution in [3.8, 4) is 0 Å². The summed E-state index contributed by atoms with van der Waals surface area (Å²) in [5.74, 6) is -0.125. The second-order valence-electron chi connectivity index (χ2n) is 4.00. The van der Waals surface area contributed by atoms with Crippen LogP contribution in [0.5, 0.6) is 0 Å². The Hall–Kier alpha value is -0.620. The average molecular weight is 234 g/mol. The monoisotopic (exact) mass is 234 g/mol. The molecule has 88 valence electrons. The summed E-state index contributed by atoms with van der Waals surface area (Å²) in [6.07, 6.45) is 4.24. The van der Waals surface area contributed by atoms with Crippen LogP contribution in [0.4, 0.5) is 0 Å². The maximum absolute atomic E-state index is 11.8. The van der Waals surface area contributed by atoms with Crippen molar-refractivity contribution in [2.45, 2.75) is 32.2 Å². The first kappa shape index (κ1) is 12.4. The number of carbonyl (C=O) groups is 1. The Morgan fingerprint density at radius 3 is 2.27 bits per heavy atom. The van der Waals surface area contributed by atoms with Gasteiger partial charge in [0.1, 0.15) is 0 Å². The molecule has 0 bridgehead atoms. The van der Waals surface area contributed by atoms with Crippen LogP contribution in [0.25, 0.3) is 0 Å². The molecule has 0 aromatic rings. The third-order valence-corrected chi connectivity index (χ3v) is 3.21. The van der Waals surface area contributed by atoms with Gasteiger partial charge in [0.2, 0.25) is 15.9 Å². The van der Waals surface area contributed by atoms with Crippen molar-refractivity contribution in [2.24, 2.45) is 0 Å². The molecule has 0 aliphatic carbocycles. The molecule has 15 heavy (non-hydrogen) atoms. The number of amides is 1. The van der Waals surface area contributed by atoms with Gasteiger partial charge in [-0.25, -0.2) is 13.1 Å². The molecule has 1 aliphatic heterocycles. The smallest absolute Gasteiger partial charge is 0.240 e. The van der Waals surface area contributed by atoms with E-state index in [0.29, 0.717) is 0 Å². The molecule has 1 atom stereocenters. The van der Waals surface area contributed by atoms with Gasteiger partial charge in [-0.15, -0.1) is 0 Å². The topological polar surface area (TPSA) is 66.5 Å².